The molecule has 2 heteroatoms. The lowest BCUT2D eigenvalue weighted by molar-refractivity contribution is 0.521. The van der Waals surface area contributed by atoms with E-state index < -0.39 is 0 Å². The molecule has 2 rings (SSSR count). The smallest absolute Gasteiger partial charge is 0.0165 e. The van der Waals surface area contributed by atoms with Gasteiger partial charge in [0.05, 0.1) is 0 Å². The molecule has 0 amide bonds. The van der Waals surface area contributed by atoms with Gasteiger partial charge in [-0.15, -0.1) is 0 Å². The van der Waals surface area contributed by atoms with E-state index in [2.05, 4.69) is 16.7 Å². The average molecular weight is 194 g/mol. The second-order valence-electron chi connectivity index (χ2n) is 4.51. The van der Waals surface area contributed by atoms with E-state index >= 15 is 0 Å². The summed E-state index contributed by atoms with van der Waals surface area (Å²) in [6.45, 7) is 3.46. The van der Waals surface area contributed by atoms with Crippen molar-refractivity contribution in [3.63, 3.8) is 0 Å². The molecule has 0 unspecified atom stereocenters. The van der Waals surface area contributed by atoms with Crippen LogP contribution in [0.25, 0.3) is 0 Å². The van der Waals surface area contributed by atoms with Gasteiger partial charge in [-0.2, -0.15) is 0 Å². The van der Waals surface area contributed by atoms with Crippen LogP contribution in [0.4, 0.5) is 0 Å². The highest BCUT2D eigenvalue weighted by atomic mass is 14.9. The van der Waals surface area contributed by atoms with Gasteiger partial charge >= 0.3 is 0 Å². The van der Waals surface area contributed by atoms with E-state index in [-0.39, 0.29) is 0 Å². The Labute approximate surface area is 87.2 Å². The molecule has 0 aromatic heterocycles. The fourth-order valence-electron chi connectivity index (χ4n) is 2.46. The molecule has 0 spiro atoms. The number of rotatable bonds is 4. The molecule has 2 N–H and O–H groups in total. The summed E-state index contributed by atoms with van der Waals surface area (Å²) in [6.07, 6.45) is 10.5. The Morgan fingerprint density at radius 1 is 1.36 bits per heavy atom. The van der Waals surface area contributed by atoms with E-state index in [9.17, 15) is 0 Å². The molecule has 1 aliphatic carbocycles. The van der Waals surface area contributed by atoms with Crippen LogP contribution >= 0.6 is 0 Å². The number of hydrogen-bond donors (Lipinski definition) is 2. The maximum absolute atomic E-state index is 3.66. The standard InChI is InChI=1S/C12H22N2/c1-2-6-12(5-1)14-9-7-11-4-3-8-13-10-11/h4,12-14H,1-3,5-10H2. The van der Waals surface area contributed by atoms with E-state index in [1.54, 1.807) is 5.57 Å². The molecule has 80 valence electrons. The van der Waals surface area contributed by atoms with E-state index in [0.717, 1.165) is 12.6 Å². The Morgan fingerprint density at radius 3 is 2.93 bits per heavy atom. The van der Waals surface area contributed by atoms with E-state index in [4.69, 9.17) is 0 Å². The highest BCUT2D eigenvalue weighted by molar-refractivity contribution is 5.07. The summed E-state index contributed by atoms with van der Waals surface area (Å²) in [5.74, 6) is 0. The van der Waals surface area contributed by atoms with Crippen LogP contribution in [0.3, 0.4) is 0 Å². The molecule has 0 bridgehead atoms. The van der Waals surface area contributed by atoms with Gasteiger partial charge in [0.25, 0.3) is 0 Å². The van der Waals surface area contributed by atoms with Crippen LogP contribution in [0.2, 0.25) is 0 Å². The van der Waals surface area contributed by atoms with Crippen LogP contribution in [-0.4, -0.2) is 25.7 Å². The van der Waals surface area contributed by atoms with E-state index in [1.807, 2.05) is 0 Å². The normalized spacial score (nSPS) is 23.9. The highest BCUT2D eigenvalue weighted by Crippen LogP contribution is 2.17. The fraction of sp³-hybridized carbons (Fsp3) is 0.833. The van der Waals surface area contributed by atoms with Gasteiger partial charge in [0.1, 0.15) is 0 Å². The topological polar surface area (TPSA) is 24.1 Å². The Morgan fingerprint density at radius 2 is 2.21 bits per heavy atom. The van der Waals surface area contributed by atoms with Crippen molar-refractivity contribution in [3.05, 3.63) is 11.6 Å². The van der Waals surface area contributed by atoms with Gasteiger partial charge in [-0.3, -0.25) is 0 Å². The second kappa shape index (κ2) is 5.52. The predicted octanol–water partition coefficient (Wildman–Crippen LogP) is 1.83. The molecule has 0 aromatic rings. The Bertz CT molecular complexity index is 192. The van der Waals surface area contributed by atoms with Gasteiger partial charge < -0.3 is 10.6 Å². The highest BCUT2D eigenvalue weighted by Gasteiger charge is 2.13. The third-order valence-corrected chi connectivity index (χ3v) is 3.34. The largest absolute Gasteiger partial charge is 0.314 e. The van der Waals surface area contributed by atoms with E-state index in [1.165, 1.54) is 51.6 Å². The molecule has 0 atom stereocenters. The van der Waals surface area contributed by atoms with Crippen molar-refractivity contribution in [2.45, 2.75) is 44.6 Å². The van der Waals surface area contributed by atoms with Gasteiger partial charge in [-0.1, -0.05) is 24.5 Å². The van der Waals surface area contributed by atoms with Gasteiger partial charge in [0, 0.05) is 12.6 Å². The van der Waals surface area contributed by atoms with Crippen LogP contribution in [0, 0.1) is 0 Å². The fourth-order valence-corrected chi connectivity index (χ4v) is 2.46. The molecule has 0 saturated heterocycles. The van der Waals surface area contributed by atoms with Crippen molar-refractivity contribution in [2.75, 3.05) is 19.6 Å². The average Bonchev–Trinajstić information content (AvgIpc) is 2.72. The maximum atomic E-state index is 3.66. The summed E-state index contributed by atoms with van der Waals surface area (Å²) in [4.78, 5) is 0. The third kappa shape index (κ3) is 3.10. The van der Waals surface area contributed by atoms with Crippen molar-refractivity contribution in [2.24, 2.45) is 0 Å². The van der Waals surface area contributed by atoms with Crippen LogP contribution in [0.5, 0.6) is 0 Å². The van der Waals surface area contributed by atoms with Crippen molar-refractivity contribution < 1.29 is 0 Å². The Hall–Kier alpha value is -0.340. The van der Waals surface area contributed by atoms with Crippen molar-refractivity contribution in [1.82, 2.24) is 10.6 Å². The molecular formula is C12H22N2. The Kier molecular flexibility index (Phi) is 4.02. The van der Waals surface area contributed by atoms with Gasteiger partial charge in [0.2, 0.25) is 0 Å². The minimum atomic E-state index is 0.826. The van der Waals surface area contributed by atoms with Crippen molar-refractivity contribution in [3.8, 4) is 0 Å². The first-order valence-corrected chi connectivity index (χ1v) is 6.07. The van der Waals surface area contributed by atoms with Crippen LogP contribution in [0.15, 0.2) is 11.6 Å². The van der Waals surface area contributed by atoms with Crippen LogP contribution < -0.4 is 10.6 Å². The lowest BCUT2D eigenvalue weighted by atomic mass is 10.1. The van der Waals surface area contributed by atoms with Crippen LogP contribution in [-0.2, 0) is 0 Å². The summed E-state index contributed by atoms with van der Waals surface area (Å²) in [5, 5.41) is 7.08. The second-order valence-corrected chi connectivity index (χ2v) is 4.51. The maximum Gasteiger partial charge on any atom is 0.0165 e. The first kappa shape index (κ1) is 10.2. The van der Waals surface area contributed by atoms with Crippen molar-refractivity contribution >= 4 is 0 Å². The zero-order valence-electron chi connectivity index (χ0n) is 9.02. The molecule has 1 aliphatic heterocycles. The summed E-state index contributed by atoms with van der Waals surface area (Å²) >= 11 is 0. The van der Waals surface area contributed by atoms with Crippen LogP contribution in [0.1, 0.15) is 38.5 Å². The molecule has 0 radical (unpaired) electrons. The molecule has 0 aromatic carbocycles. The summed E-state index contributed by atoms with van der Waals surface area (Å²) in [7, 11) is 0. The van der Waals surface area contributed by atoms with Gasteiger partial charge in [-0.05, 0) is 38.8 Å². The molecule has 14 heavy (non-hydrogen) atoms. The summed E-state index contributed by atoms with van der Waals surface area (Å²) in [6, 6.07) is 0.826. The Balaban J connectivity index is 1.59. The lowest BCUT2D eigenvalue weighted by Crippen LogP contribution is -2.29. The molecular weight excluding hydrogens is 172 g/mol. The quantitative estimate of drug-likeness (QED) is 0.667. The lowest BCUT2D eigenvalue weighted by Gasteiger charge is -2.16. The molecule has 2 aliphatic rings. The van der Waals surface area contributed by atoms with Gasteiger partial charge in [0.15, 0.2) is 0 Å². The molecule has 1 fully saturated rings. The third-order valence-electron chi connectivity index (χ3n) is 3.34. The zero-order valence-corrected chi connectivity index (χ0v) is 9.02. The summed E-state index contributed by atoms with van der Waals surface area (Å²) in [5.41, 5.74) is 1.60. The molecule has 2 nitrogen and oxygen atoms in total. The predicted molar refractivity (Wildman–Crippen MR) is 60.4 cm³/mol. The first-order valence-electron chi connectivity index (χ1n) is 6.07. The van der Waals surface area contributed by atoms with E-state index in [0.29, 0.717) is 0 Å². The zero-order chi connectivity index (χ0) is 9.64. The monoisotopic (exact) mass is 194 g/mol. The van der Waals surface area contributed by atoms with Gasteiger partial charge in [-0.25, -0.2) is 0 Å². The number of nitrogens with one attached hydrogen (secondary N) is 2. The minimum absolute atomic E-state index is 0.826. The SMILES string of the molecule is C1=C(CCNC2CCCC2)CNCC1. The summed E-state index contributed by atoms with van der Waals surface area (Å²) < 4.78 is 0. The number of hydrogen-bond acceptors (Lipinski definition) is 2. The molecule has 1 heterocycles. The minimum Gasteiger partial charge on any atom is -0.314 e. The molecule has 1 saturated carbocycles. The van der Waals surface area contributed by atoms with Crippen molar-refractivity contribution in [1.29, 1.82) is 0 Å². The first-order chi connectivity index (χ1) is 6.95.